The van der Waals surface area contributed by atoms with E-state index in [-0.39, 0.29) is 4.90 Å². The Kier molecular flexibility index (Phi) is 7.00. The Balaban J connectivity index is 1.40. The summed E-state index contributed by atoms with van der Waals surface area (Å²) in [5, 5.41) is 8.88. The van der Waals surface area contributed by atoms with Gasteiger partial charge in [-0.05, 0) is 37.1 Å². The summed E-state index contributed by atoms with van der Waals surface area (Å²) >= 11 is 0. The summed E-state index contributed by atoms with van der Waals surface area (Å²) in [6.45, 7) is 3.94. The van der Waals surface area contributed by atoms with Crippen molar-refractivity contribution >= 4 is 21.7 Å². The SMILES string of the molecule is COc1ccc(S(=O)(=O)N2CCN(c3ccc(N4CCCCCC4)nn3)CC2)cc1OC. The van der Waals surface area contributed by atoms with Gasteiger partial charge in [0.2, 0.25) is 10.0 Å². The second-order valence-electron chi connectivity index (χ2n) is 8.06. The van der Waals surface area contributed by atoms with Crippen molar-refractivity contribution in [1.82, 2.24) is 14.5 Å². The van der Waals surface area contributed by atoms with Gasteiger partial charge in [-0.15, -0.1) is 10.2 Å². The largest absolute Gasteiger partial charge is 0.493 e. The van der Waals surface area contributed by atoms with Crippen LogP contribution in [0.1, 0.15) is 25.7 Å². The quantitative estimate of drug-likeness (QED) is 0.648. The lowest BCUT2D eigenvalue weighted by molar-refractivity contribution is 0.353. The van der Waals surface area contributed by atoms with Crippen LogP contribution < -0.4 is 19.3 Å². The van der Waals surface area contributed by atoms with Crippen LogP contribution >= 0.6 is 0 Å². The van der Waals surface area contributed by atoms with Gasteiger partial charge in [-0.1, -0.05) is 12.8 Å². The molecule has 2 aromatic rings. The van der Waals surface area contributed by atoms with Crippen molar-refractivity contribution in [2.24, 2.45) is 0 Å². The van der Waals surface area contributed by atoms with Crippen LogP contribution in [0.4, 0.5) is 11.6 Å². The van der Waals surface area contributed by atoms with Crippen LogP contribution in [0.15, 0.2) is 35.2 Å². The van der Waals surface area contributed by atoms with Crippen molar-refractivity contribution in [2.45, 2.75) is 30.6 Å². The molecule has 0 atom stereocenters. The van der Waals surface area contributed by atoms with Gasteiger partial charge >= 0.3 is 0 Å². The predicted molar refractivity (Wildman–Crippen MR) is 123 cm³/mol. The van der Waals surface area contributed by atoms with Gasteiger partial charge in [0.25, 0.3) is 0 Å². The van der Waals surface area contributed by atoms with E-state index in [9.17, 15) is 8.42 Å². The van der Waals surface area contributed by atoms with Crippen LogP contribution in [0.2, 0.25) is 0 Å². The van der Waals surface area contributed by atoms with Crippen LogP contribution in [0.3, 0.4) is 0 Å². The molecule has 0 saturated carbocycles. The van der Waals surface area contributed by atoms with Gasteiger partial charge in [0.1, 0.15) is 0 Å². The molecule has 9 nitrogen and oxygen atoms in total. The van der Waals surface area contributed by atoms with Crippen LogP contribution in [-0.2, 0) is 10.0 Å². The minimum atomic E-state index is -3.62. The van der Waals surface area contributed by atoms with Crippen molar-refractivity contribution in [3.05, 3.63) is 30.3 Å². The summed E-state index contributed by atoms with van der Waals surface area (Å²) in [6.07, 6.45) is 4.94. The molecule has 1 aromatic heterocycles. The fraction of sp³-hybridized carbons (Fsp3) is 0.545. The average molecular weight is 462 g/mol. The summed E-state index contributed by atoms with van der Waals surface area (Å²) in [5.41, 5.74) is 0. The molecule has 2 saturated heterocycles. The molecule has 2 aliphatic rings. The van der Waals surface area contributed by atoms with Crippen molar-refractivity contribution in [1.29, 1.82) is 0 Å². The Hall–Kier alpha value is -2.59. The van der Waals surface area contributed by atoms with E-state index in [1.807, 2.05) is 12.1 Å². The van der Waals surface area contributed by atoms with E-state index in [0.29, 0.717) is 37.7 Å². The normalized spacial score (nSPS) is 18.3. The maximum Gasteiger partial charge on any atom is 0.243 e. The van der Waals surface area contributed by atoms with E-state index >= 15 is 0 Å². The lowest BCUT2D eigenvalue weighted by Gasteiger charge is -2.34. The first-order valence-corrected chi connectivity index (χ1v) is 12.5. The molecule has 2 aliphatic heterocycles. The minimum absolute atomic E-state index is 0.199. The van der Waals surface area contributed by atoms with Gasteiger partial charge in [-0.2, -0.15) is 4.31 Å². The van der Waals surface area contributed by atoms with E-state index in [1.54, 1.807) is 12.1 Å². The molecule has 0 amide bonds. The number of aromatic nitrogens is 2. The van der Waals surface area contributed by atoms with Gasteiger partial charge in [0, 0.05) is 45.3 Å². The Bertz CT molecular complexity index is 999. The Morgan fingerprint density at radius 2 is 1.28 bits per heavy atom. The van der Waals surface area contributed by atoms with Gasteiger partial charge in [0.15, 0.2) is 23.1 Å². The van der Waals surface area contributed by atoms with Crippen LogP contribution in [-0.4, -0.2) is 76.4 Å². The fourth-order valence-corrected chi connectivity index (χ4v) is 5.68. The standard InChI is InChI=1S/C22H31N5O4S/c1-30-19-8-7-18(17-20(19)31-2)32(28,29)27-15-13-26(14-16-27)22-10-9-21(23-24-22)25-11-5-3-4-6-12-25/h7-10,17H,3-6,11-16H2,1-2H3. The number of hydrogen-bond acceptors (Lipinski definition) is 8. The van der Waals surface area contributed by atoms with Crippen molar-refractivity contribution in [3.63, 3.8) is 0 Å². The number of hydrogen-bond donors (Lipinski definition) is 0. The van der Waals surface area contributed by atoms with E-state index in [1.165, 1.54) is 50.3 Å². The molecule has 32 heavy (non-hydrogen) atoms. The monoisotopic (exact) mass is 461 g/mol. The summed E-state index contributed by atoms with van der Waals surface area (Å²) in [6, 6.07) is 8.69. The second-order valence-corrected chi connectivity index (χ2v) is 10.00. The number of methoxy groups -OCH3 is 2. The maximum absolute atomic E-state index is 13.1. The number of rotatable bonds is 6. The molecular formula is C22H31N5O4S. The molecule has 3 heterocycles. The first-order chi connectivity index (χ1) is 15.5. The number of ether oxygens (including phenoxy) is 2. The van der Waals surface area contributed by atoms with Crippen molar-refractivity contribution < 1.29 is 17.9 Å². The summed E-state index contributed by atoms with van der Waals surface area (Å²) in [7, 11) is -0.607. The zero-order valence-corrected chi connectivity index (χ0v) is 19.6. The number of sulfonamides is 1. The highest BCUT2D eigenvalue weighted by atomic mass is 32.2. The lowest BCUT2D eigenvalue weighted by Crippen LogP contribution is -2.49. The Morgan fingerprint density at radius 3 is 1.81 bits per heavy atom. The lowest BCUT2D eigenvalue weighted by atomic mass is 10.2. The molecule has 0 spiro atoms. The van der Waals surface area contributed by atoms with Crippen molar-refractivity contribution in [2.75, 3.05) is 63.3 Å². The molecule has 0 radical (unpaired) electrons. The zero-order valence-electron chi connectivity index (χ0n) is 18.7. The minimum Gasteiger partial charge on any atom is -0.493 e. The molecule has 2 fully saturated rings. The van der Waals surface area contributed by atoms with Gasteiger partial charge in [-0.3, -0.25) is 0 Å². The van der Waals surface area contributed by atoms with E-state index in [0.717, 1.165) is 24.7 Å². The van der Waals surface area contributed by atoms with Gasteiger partial charge in [0.05, 0.1) is 19.1 Å². The van der Waals surface area contributed by atoms with Crippen molar-refractivity contribution in [3.8, 4) is 11.5 Å². The van der Waals surface area contributed by atoms with E-state index in [2.05, 4.69) is 20.0 Å². The summed E-state index contributed by atoms with van der Waals surface area (Å²) in [5.74, 6) is 2.60. The first-order valence-electron chi connectivity index (χ1n) is 11.1. The first kappa shape index (κ1) is 22.6. The van der Waals surface area contributed by atoms with Crippen LogP contribution in [0.25, 0.3) is 0 Å². The number of benzene rings is 1. The Labute approximate surface area is 190 Å². The van der Waals surface area contributed by atoms with E-state index < -0.39 is 10.0 Å². The highest BCUT2D eigenvalue weighted by Crippen LogP contribution is 2.31. The number of anilines is 2. The molecule has 10 heteroatoms. The molecule has 4 rings (SSSR count). The second kappa shape index (κ2) is 9.91. The third-order valence-corrected chi connectivity index (χ3v) is 8.02. The van der Waals surface area contributed by atoms with Gasteiger partial charge in [-0.25, -0.2) is 8.42 Å². The third kappa shape index (κ3) is 4.75. The number of nitrogens with zero attached hydrogens (tertiary/aromatic N) is 5. The van der Waals surface area contributed by atoms with Gasteiger partial charge < -0.3 is 19.3 Å². The number of piperazine rings is 1. The Morgan fingerprint density at radius 1 is 0.719 bits per heavy atom. The zero-order chi connectivity index (χ0) is 22.6. The molecular weight excluding hydrogens is 430 g/mol. The summed E-state index contributed by atoms with van der Waals surface area (Å²) < 4.78 is 38.2. The highest BCUT2D eigenvalue weighted by Gasteiger charge is 2.30. The van der Waals surface area contributed by atoms with E-state index in [4.69, 9.17) is 9.47 Å². The average Bonchev–Trinajstić information content (AvgIpc) is 3.13. The molecule has 0 aliphatic carbocycles. The molecule has 0 N–H and O–H groups in total. The smallest absolute Gasteiger partial charge is 0.243 e. The third-order valence-electron chi connectivity index (χ3n) is 6.12. The molecule has 0 unspecified atom stereocenters. The molecule has 0 bridgehead atoms. The molecule has 174 valence electrons. The molecule has 1 aromatic carbocycles. The van der Waals surface area contributed by atoms with Crippen LogP contribution in [0, 0.1) is 0 Å². The van der Waals surface area contributed by atoms with Crippen LogP contribution in [0.5, 0.6) is 11.5 Å². The fourth-order valence-electron chi connectivity index (χ4n) is 4.24. The highest BCUT2D eigenvalue weighted by molar-refractivity contribution is 7.89. The summed E-state index contributed by atoms with van der Waals surface area (Å²) in [4.78, 5) is 4.59. The maximum atomic E-state index is 13.1. The topological polar surface area (TPSA) is 88.1 Å². The predicted octanol–water partition coefficient (Wildman–Crippen LogP) is 2.39.